The lowest BCUT2D eigenvalue weighted by Crippen LogP contribution is -2.58. The summed E-state index contributed by atoms with van der Waals surface area (Å²) >= 11 is 0. The minimum absolute atomic E-state index is 0.0445. The van der Waals surface area contributed by atoms with Crippen molar-refractivity contribution in [1.29, 1.82) is 0 Å². The van der Waals surface area contributed by atoms with Crippen molar-refractivity contribution < 1.29 is 28.7 Å². The van der Waals surface area contributed by atoms with E-state index in [1.807, 2.05) is 6.07 Å². The largest absolute Gasteiger partial charge is 0.422 e. The molecule has 4 heterocycles. The molecule has 0 bridgehead atoms. The van der Waals surface area contributed by atoms with Crippen molar-refractivity contribution in [3.05, 3.63) is 18.5 Å². The molecule has 0 aromatic carbocycles. The monoisotopic (exact) mass is 555 g/mol. The highest BCUT2D eigenvalue weighted by Crippen LogP contribution is 2.56. The summed E-state index contributed by atoms with van der Waals surface area (Å²) in [5.41, 5.74) is -0.987. The highest BCUT2D eigenvalue weighted by Gasteiger charge is 2.64. The zero-order chi connectivity index (χ0) is 28.0. The second kappa shape index (κ2) is 12.6. The van der Waals surface area contributed by atoms with Crippen molar-refractivity contribution in [3.63, 3.8) is 0 Å². The number of rotatable bonds is 6. The van der Waals surface area contributed by atoms with Gasteiger partial charge < -0.3 is 14.4 Å². The quantitative estimate of drug-likeness (QED) is 0.294. The van der Waals surface area contributed by atoms with Crippen molar-refractivity contribution in [2.45, 2.75) is 89.3 Å². The lowest BCUT2D eigenvalue weighted by Gasteiger charge is -2.46. The van der Waals surface area contributed by atoms with E-state index in [2.05, 4.69) is 19.8 Å². The van der Waals surface area contributed by atoms with Gasteiger partial charge in [-0.05, 0) is 51.1 Å². The van der Waals surface area contributed by atoms with Gasteiger partial charge in [-0.1, -0.05) is 12.8 Å². The molecule has 1 saturated carbocycles. The molecule has 1 aliphatic carbocycles. The minimum atomic E-state index is -1.53. The zero-order valence-corrected chi connectivity index (χ0v) is 23.4. The Morgan fingerprint density at radius 2 is 1.32 bits per heavy atom. The lowest BCUT2D eigenvalue weighted by atomic mass is 9.72. The van der Waals surface area contributed by atoms with Gasteiger partial charge in [-0.15, -0.1) is 0 Å². The summed E-state index contributed by atoms with van der Waals surface area (Å²) in [6.45, 7) is 4.85. The number of aromatic nitrogens is 2. The third kappa shape index (κ3) is 6.29. The summed E-state index contributed by atoms with van der Waals surface area (Å²) in [4.78, 5) is 66.7. The van der Waals surface area contributed by atoms with Gasteiger partial charge in [-0.2, -0.15) is 0 Å². The first-order valence-electron chi connectivity index (χ1n) is 14.9. The number of carbonyl (C=O) groups is 4. The average molecular weight is 556 g/mol. The van der Waals surface area contributed by atoms with Crippen LogP contribution in [0, 0.1) is 5.41 Å². The Kier molecular flexibility index (Phi) is 8.97. The summed E-state index contributed by atoms with van der Waals surface area (Å²) in [5.74, 6) is -2.15. The van der Waals surface area contributed by atoms with E-state index in [9.17, 15) is 19.2 Å². The van der Waals surface area contributed by atoms with Gasteiger partial charge in [-0.3, -0.25) is 29.0 Å². The molecule has 4 fully saturated rings. The van der Waals surface area contributed by atoms with Crippen LogP contribution in [0.2, 0.25) is 0 Å². The van der Waals surface area contributed by atoms with Crippen molar-refractivity contribution >= 4 is 29.7 Å². The number of nitrogens with zero attached hydrogens (tertiary/aromatic N) is 5. The molecule has 3 aliphatic heterocycles. The molecule has 5 rings (SSSR count). The number of hydrogen-bond donors (Lipinski definition) is 0. The summed E-state index contributed by atoms with van der Waals surface area (Å²) in [6.07, 6.45) is 10.3. The van der Waals surface area contributed by atoms with Gasteiger partial charge in [0.25, 0.3) is 5.79 Å². The first kappa shape index (κ1) is 28.4. The molecule has 11 heteroatoms. The maximum absolute atomic E-state index is 13.3. The van der Waals surface area contributed by atoms with Crippen molar-refractivity contribution in [2.75, 3.05) is 44.2 Å². The second-order valence-electron chi connectivity index (χ2n) is 11.6. The van der Waals surface area contributed by atoms with Gasteiger partial charge in [-0.25, -0.2) is 9.97 Å². The van der Waals surface area contributed by atoms with E-state index in [1.165, 1.54) is 4.90 Å². The standard InChI is InChI=1S/C29H41N5O6/c35-23-21-28(11-7-12-29(28)39-25(37)9-3-1-2-4-10-26(38)40-29)22-24(36)34(23)16-6-5-15-32-17-19-33(20-18-32)27-30-13-8-14-31-27/h8,13-14H,1-7,9-12,15-22H2. The molecule has 1 aromatic rings. The van der Waals surface area contributed by atoms with E-state index in [4.69, 9.17) is 9.47 Å². The first-order valence-corrected chi connectivity index (χ1v) is 14.9. The minimum Gasteiger partial charge on any atom is -0.422 e. The third-order valence-corrected chi connectivity index (χ3v) is 8.93. The SMILES string of the molecule is O=C1CCCCCCC(=O)OC2(CCCC23CC(=O)N(CCCCN2CCN(c4ncccn4)CC2)C(=O)C3)O1. The Hall–Kier alpha value is -3.08. The van der Waals surface area contributed by atoms with Crippen LogP contribution < -0.4 is 4.90 Å². The zero-order valence-electron chi connectivity index (χ0n) is 23.4. The number of imide groups is 1. The van der Waals surface area contributed by atoms with Crippen LogP contribution in [0.3, 0.4) is 0 Å². The molecule has 218 valence electrons. The van der Waals surface area contributed by atoms with E-state index >= 15 is 0 Å². The topological polar surface area (TPSA) is 122 Å². The molecule has 4 aliphatic rings. The van der Waals surface area contributed by atoms with Crippen molar-refractivity contribution in [1.82, 2.24) is 19.8 Å². The number of piperidine rings is 1. The number of carbonyl (C=O) groups excluding carboxylic acids is 4. The highest BCUT2D eigenvalue weighted by molar-refractivity contribution is 5.99. The number of esters is 2. The van der Waals surface area contributed by atoms with Crippen molar-refractivity contribution in [2.24, 2.45) is 5.41 Å². The molecule has 0 unspecified atom stereocenters. The van der Waals surface area contributed by atoms with Crippen LogP contribution in [0.25, 0.3) is 0 Å². The normalized spacial score (nSPS) is 24.2. The maximum atomic E-state index is 13.3. The predicted molar refractivity (Wildman–Crippen MR) is 145 cm³/mol. The van der Waals surface area contributed by atoms with Gasteiger partial charge >= 0.3 is 11.9 Å². The Balaban J connectivity index is 1.14. The van der Waals surface area contributed by atoms with Gasteiger partial charge in [0, 0.05) is 77.2 Å². The Bertz CT molecular complexity index is 1030. The van der Waals surface area contributed by atoms with E-state index < -0.39 is 23.1 Å². The molecule has 11 nitrogen and oxygen atoms in total. The number of anilines is 1. The fourth-order valence-corrected chi connectivity index (χ4v) is 6.71. The molecule has 40 heavy (non-hydrogen) atoms. The molecular formula is C29H41N5O6. The highest BCUT2D eigenvalue weighted by atomic mass is 16.7. The molecule has 0 N–H and O–H groups in total. The number of hydrogen-bond acceptors (Lipinski definition) is 10. The van der Waals surface area contributed by atoms with Crippen LogP contribution in [-0.4, -0.2) is 88.6 Å². The van der Waals surface area contributed by atoms with Gasteiger partial charge in [0.15, 0.2) is 0 Å². The fourth-order valence-electron chi connectivity index (χ4n) is 6.71. The Morgan fingerprint density at radius 3 is 1.95 bits per heavy atom. The lowest BCUT2D eigenvalue weighted by molar-refractivity contribution is -0.268. The average Bonchev–Trinajstić information content (AvgIpc) is 3.23. The third-order valence-electron chi connectivity index (χ3n) is 8.93. The number of fused-ring (bicyclic) bond motifs is 1. The van der Waals surface area contributed by atoms with Crippen LogP contribution >= 0.6 is 0 Å². The summed E-state index contributed by atoms with van der Waals surface area (Å²) in [6, 6.07) is 1.81. The Morgan fingerprint density at radius 1 is 0.725 bits per heavy atom. The van der Waals surface area contributed by atoms with Gasteiger partial charge in [0.2, 0.25) is 17.8 Å². The summed E-state index contributed by atoms with van der Waals surface area (Å²) < 4.78 is 11.8. The number of amides is 2. The van der Waals surface area contributed by atoms with E-state index in [0.717, 1.165) is 64.4 Å². The maximum Gasteiger partial charge on any atom is 0.309 e. The molecule has 2 amide bonds. The number of ether oxygens (including phenoxy) is 2. The van der Waals surface area contributed by atoms with E-state index in [1.54, 1.807) is 12.4 Å². The number of unbranched alkanes of at least 4 members (excludes halogenated alkanes) is 1. The molecule has 0 atom stereocenters. The first-order chi connectivity index (χ1) is 19.4. The van der Waals surface area contributed by atoms with Gasteiger partial charge in [0.05, 0.1) is 5.41 Å². The van der Waals surface area contributed by atoms with Crippen LogP contribution in [0.5, 0.6) is 0 Å². The smallest absolute Gasteiger partial charge is 0.309 e. The summed E-state index contributed by atoms with van der Waals surface area (Å²) in [5, 5.41) is 0. The second-order valence-corrected chi connectivity index (χ2v) is 11.6. The number of likely N-dealkylation sites (tertiary alicyclic amines) is 1. The molecule has 3 saturated heterocycles. The van der Waals surface area contributed by atoms with Gasteiger partial charge in [0.1, 0.15) is 0 Å². The number of piperazine rings is 1. The van der Waals surface area contributed by atoms with Crippen LogP contribution in [0.15, 0.2) is 18.5 Å². The van der Waals surface area contributed by atoms with E-state index in [0.29, 0.717) is 38.6 Å². The molecule has 2 spiro atoms. The van der Waals surface area contributed by atoms with Crippen LogP contribution in [0.1, 0.15) is 83.5 Å². The van der Waals surface area contributed by atoms with Crippen LogP contribution in [-0.2, 0) is 28.7 Å². The predicted octanol–water partition coefficient (Wildman–Crippen LogP) is 2.83. The summed E-state index contributed by atoms with van der Waals surface area (Å²) in [7, 11) is 0. The van der Waals surface area contributed by atoms with E-state index in [-0.39, 0.29) is 37.5 Å². The molecule has 0 radical (unpaired) electrons. The Labute approximate surface area is 235 Å². The van der Waals surface area contributed by atoms with Crippen molar-refractivity contribution in [3.8, 4) is 0 Å². The fraction of sp³-hybridized carbons (Fsp3) is 0.724. The molecular weight excluding hydrogens is 514 g/mol. The van der Waals surface area contributed by atoms with Crippen LogP contribution in [0.4, 0.5) is 5.95 Å². The molecule has 1 aromatic heterocycles.